The van der Waals surface area contributed by atoms with Gasteiger partial charge in [-0.15, -0.1) is 0 Å². The first-order valence-electron chi connectivity index (χ1n) is 6.75. The lowest BCUT2D eigenvalue weighted by Crippen LogP contribution is -2.52. The minimum atomic E-state index is -1.07. The summed E-state index contributed by atoms with van der Waals surface area (Å²) in [5, 5.41) is 12.7. The predicted molar refractivity (Wildman–Crippen MR) is 75.1 cm³/mol. The van der Waals surface area contributed by atoms with Crippen LogP contribution < -0.4 is 5.32 Å². The zero-order valence-corrected chi connectivity index (χ0v) is 11.4. The van der Waals surface area contributed by atoms with Crippen LogP contribution in [0.2, 0.25) is 0 Å². The van der Waals surface area contributed by atoms with Crippen LogP contribution in [0, 0.1) is 0 Å². The zero-order valence-electron chi connectivity index (χ0n) is 11.4. The number of ketones is 1. The van der Waals surface area contributed by atoms with Crippen LogP contribution in [0.25, 0.3) is 0 Å². The summed E-state index contributed by atoms with van der Waals surface area (Å²) >= 11 is 0. The molecule has 1 aromatic rings. The van der Waals surface area contributed by atoms with Crippen LogP contribution in [0.3, 0.4) is 0 Å². The van der Waals surface area contributed by atoms with E-state index in [1.807, 2.05) is 6.07 Å². The van der Waals surface area contributed by atoms with Crippen molar-refractivity contribution in [2.75, 3.05) is 0 Å². The molecule has 0 aliphatic carbocycles. The maximum atomic E-state index is 12.0. The molecular weight excluding hydrogens is 257 g/mol. The number of nitrogens with one attached hydrogen (secondary N) is 1. The van der Waals surface area contributed by atoms with Gasteiger partial charge in [-0.2, -0.15) is 0 Å². The maximum Gasteiger partial charge on any atom is 0.478 e. The van der Waals surface area contributed by atoms with E-state index in [0.29, 0.717) is 24.8 Å². The molecule has 1 amide bonds. The second kappa shape index (κ2) is 6.68. The summed E-state index contributed by atoms with van der Waals surface area (Å²) in [6.45, 7) is 1.50. The lowest BCUT2D eigenvalue weighted by molar-refractivity contribution is -0.118. The quantitative estimate of drug-likeness (QED) is 0.802. The van der Waals surface area contributed by atoms with Crippen molar-refractivity contribution < 1.29 is 19.3 Å². The molecule has 0 aromatic heterocycles. The third-order valence-corrected chi connectivity index (χ3v) is 3.34. The molecular formula is C14H18BNO4. The number of Topliss-reactive ketones (excluding diaryl/α,β-unsaturated/α-hetero) is 1. The molecule has 0 radical (unpaired) electrons. The van der Waals surface area contributed by atoms with Gasteiger partial charge in [-0.25, -0.2) is 0 Å². The molecule has 0 spiro atoms. The highest BCUT2D eigenvalue weighted by Crippen LogP contribution is 2.19. The van der Waals surface area contributed by atoms with Crippen LogP contribution in [0.1, 0.15) is 36.5 Å². The van der Waals surface area contributed by atoms with E-state index in [9.17, 15) is 14.6 Å². The Morgan fingerprint density at radius 3 is 2.65 bits per heavy atom. The van der Waals surface area contributed by atoms with E-state index in [0.717, 1.165) is 0 Å². The lowest BCUT2D eigenvalue weighted by Gasteiger charge is -2.31. The number of benzene rings is 1. The summed E-state index contributed by atoms with van der Waals surface area (Å²) in [5.74, 6) is -0.636. The largest absolute Gasteiger partial charge is 0.478 e. The van der Waals surface area contributed by atoms with Crippen molar-refractivity contribution >= 4 is 18.8 Å². The van der Waals surface area contributed by atoms with Gasteiger partial charge < -0.3 is 15.0 Å². The van der Waals surface area contributed by atoms with Crippen molar-refractivity contribution in [3.8, 4) is 0 Å². The molecule has 0 unspecified atom stereocenters. The van der Waals surface area contributed by atoms with Crippen molar-refractivity contribution in [2.24, 2.45) is 0 Å². The van der Waals surface area contributed by atoms with Crippen LogP contribution >= 0.6 is 0 Å². The van der Waals surface area contributed by atoms with E-state index in [4.69, 9.17) is 4.65 Å². The first-order valence-corrected chi connectivity index (χ1v) is 6.75. The van der Waals surface area contributed by atoms with Crippen molar-refractivity contribution in [3.05, 3.63) is 35.9 Å². The number of carbonyl (C=O) groups excluding carboxylic acids is 2. The molecule has 2 atom stereocenters. The number of hydrogen-bond acceptors (Lipinski definition) is 4. The van der Waals surface area contributed by atoms with Crippen LogP contribution in [-0.2, 0) is 9.45 Å². The number of hydrogen-bond donors (Lipinski definition) is 2. The summed E-state index contributed by atoms with van der Waals surface area (Å²) in [6.07, 6.45) is 1.29. The van der Waals surface area contributed by atoms with E-state index < -0.39 is 13.1 Å². The highest BCUT2D eigenvalue weighted by Gasteiger charge is 2.36. The normalized spacial score (nSPS) is 22.4. The van der Waals surface area contributed by atoms with Gasteiger partial charge >= 0.3 is 7.12 Å². The Kier molecular flexibility index (Phi) is 4.92. The molecule has 1 aliphatic rings. The molecule has 1 aromatic carbocycles. The average molecular weight is 275 g/mol. The molecule has 1 saturated heterocycles. The molecule has 20 heavy (non-hydrogen) atoms. The minimum Gasteiger partial charge on any atom is -0.426 e. The summed E-state index contributed by atoms with van der Waals surface area (Å²) in [7, 11) is -1.07. The number of carbonyl (C=O) groups is 2. The highest BCUT2D eigenvalue weighted by atomic mass is 16.5. The Morgan fingerprint density at radius 2 is 2.05 bits per heavy atom. The van der Waals surface area contributed by atoms with Gasteiger partial charge in [-0.05, 0) is 31.9 Å². The Bertz CT molecular complexity index is 479. The lowest BCUT2D eigenvalue weighted by atomic mass is 9.72. The first-order chi connectivity index (χ1) is 9.56. The molecule has 1 aliphatic heterocycles. The van der Waals surface area contributed by atoms with Crippen molar-refractivity contribution in [2.45, 2.75) is 38.2 Å². The molecule has 1 heterocycles. The fourth-order valence-corrected chi connectivity index (χ4v) is 2.32. The first kappa shape index (κ1) is 14.7. The standard InChI is InChI=1S/C14H18BNO4/c1-10(17)9-12-7-8-13(15(19)20-12)16-14(18)11-5-3-2-4-6-11/h2-6,12-13,19H,7-9H2,1H3,(H,16,18)/t12-,13-/m0/s1. The second-order valence-corrected chi connectivity index (χ2v) is 5.08. The summed E-state index contributed by atoms with van der Waals surface area (Å²) < 4.78 is 5.37. The van der Waals surface area contributed by atoms with E-state index in [1.54, 1.807) is 24.3 Å². The third-order valence-electron chi connectivity index (χ3n) is 3.34. The monoisotopic (exact) mass is 275 g/mol. The SMILES string of the molecule is CC(=O)C[C@@H]1CC[C@H](NC(=O)c2ccccc2)B(O)O1. The smallest absolute Gasteiger partial charge is 0.426 e. The number of amides is 1. The molecule has 1 fully saturated rings. The van der Waals surface area contributed by atoms with Gasteiger partial charge in [-0.3, -0.25) is 9.59 Å². The Balaban J connectivity index is 1.89. The Labute approximate surface area is 118 Å². The fourth-order valence-electron chi connectivity index (χ4n) is 2.32. The summed E-state index contributed by atoms with van der Waals surface area (Å²) in [4.78, 5) is 23.0. The van der Waals surface area contributed by atoms with Crippen LogP contribution in [0.15, 0.2) is 30.3 Å². The summed E-state index contributed by atoms with van der Waals surface area (Å²) in [5.41, 5.74) is 0.547. The van der Waals surface area contributed by atoms with Gasteiger partial charge in [-0.1, -0.05) is 18.2 Å². The minimum absolute atomic E-state index is 0.0361. The number of rotatable bonds is 4. The summed E-state index contributed by atoms with van der Waals surface area (Å²) in [6, 6.07) is 8.83. The fraction of sp³-hybridized carbons (Fsp3) is 0.429. The Hall–Kier alpha value is -1.66. The highest BCUT2D eigenvalue weighted by molar-refractivity contribution is 6.45. The molecule has 5 nitrogen and oxygen atoms in total. The molecule has 0 bridgehead atoms. The maximum absolute atomic E-state index is 12.0. The van der Waals surface area contributed by atoms with E-state index in [-0.39, 0.29) is 17.8 Å². The van der Waals surface area contributed by atoms with Crippen molar-refractivity contribution in [1.82, 2.24) is 5.32 Å². The molecule has 2 N–H and O–H groups in total. The Morgan fingerprint density at radius 1 is 1.35 bits per heavy atom. The van der Waals surface area contributed by atoms with Crippen molar-refractivity contribution in [1.29, 1.82) is 0 Å². The van der Waals surface area contributed by atoms with E-state index in [1.165, 1.54) is 6.92 Å². The van der Waals surface area contributed by atoms with Gasteiger partial charge in [0.15, 0.2) is 0 Å². The van der Waals surface area contributed by atoms with Crippen LogP contribution in [-0.4, -0.2) is 35.9 Å². The molecule has 106 valence electrons. The zero-order chi connectivity index (χ0) is 14.5. The van der Waals surface area contributed by atoms with E-state index >= 15 is 0 Å². The van der Waals surface area contributed by atoms with Gasteiger partial charge in [0, 0.05) is 18.1 Å². The average Bonchev–Trinajstić information content (AvgIpc) is 2.42. The predicted octanol–water partition coefficient (Wildman–Crippen LogP) is 0.963. The van der Waals surface area contributed by atoms with Crippen molar-refractivity contribution in [3.63, 3.8) is 0 Å². The van der Waals surface area contributed by atoms with Crippen LogP contribution in [0.5, 0.6) is 0 Å². The molecule has 6 heteroatoms. The topological polar surface area (TPSA) is 75.6 Å². The molecule has 2 rings (SSSR count). The molecule has 0 saturated carbocycles. The van der Waals surface area contributed by atoms with Gasteiger partial charge in [0.05, 0.1) is 5.94 Å². The van der Waals surface area contributed by atoms with E-state index in [2.05, 4.69) is 5.32 Å². The third kappa shape index (κ3) is 3.92. The second-order valence-electron chi connectivity index (χ2n) is 5.08. The van der Waals surface area contributed by atoms with Crippen LogP contribution in [0.4, 0.5) is 0 Å². The van der Waals surface area contributed by atoms with Gasteiger partial charge in [0.2, 0.25) is 0 Å². The van der Waals surface area contributed by atoms with Gasteiger partial charge in [0.1, 0.15) is 5.78 Å². The van der Waals surface area contributed by atoms with Gasteiger partial charge in [0.25, 0.3) is 5.91 Å².